The highest BCUT2D eigenvalue weighted by Crippen LogP contribution is 2.25. The summed E-state index contributed by atoms with van der Waals surface area (Å²) in [5.74, 6) is 1.13. The van der Waals surface area contributed by atoms with Gasteiger partial charge in [-0.1, -0.05) is 6.07 Å². The topological polar surface area (TPSA) is 57.2 Å². The number of fused-ring (bicyclic) bond motifs is 1. The van der Waals surface area contributed by atoms with Gasteiger partial charge in [-0.25, -0.2) is 4.98 Å². The van der Waals surface area contributed by atoms with Crippen molar-refractivity contribution in [1.29, 1.82) is 0 Å². The molecule has 1 saturated heterocycles. The third-order valence-electron chi connectivity index (χ3n) is 3.70. The Bertz CT molecular complexity index is 564. The number of nitrogens with zero attached hydrogens (tertiary/aromatic N) is 1. The zero-order chi connectivity index (χ0) is 13.1. The van der Waals surface area contributed by atoms with Gasteiger partial charge in [0.15, 0.2) is 0 Å². The van der Waals surface area contributed by atoms with Crippen LogP contribution in [0.4, 0.5) is 5.82 Å². The Labute approximate surface area is 112 Å². The minimum atomic E-state index is 0.279. The highest BCUT2D eigenvalue weighted by atomic mass is 16.3. The predicted molar refractivity (Wildman–Crippen MR) is 77.5 cm³/mol. The van der Waals surface area contributed by atoms with Crippen molar-refractivity contribution >= 4 is 16.6 Å². The SMILES string of the molecule is Oc1ccc2ccnc(NCC[C@@H]3CCCN3)c2c1. The van der Waals surface area contributed by atoms with Crippen molar-refractivity contribution in [3.63, 3.8) is 0 Å². The van der Waals surface area contributed by atoms with E-state index >= 15 is 0 Å². The van der Waals surface area contributed by atoms with E-state index < -0.39 is 0 Å². The lowest BCUT2D eigenvalue weighted by atomic mass is 10.1. The van der Waals surface area contributed by atoms with Gasteiger partial charge in [0, 0.05) is 24.2 Å². The van der Waals surface area contributed by atoms with Gasteiger partial charge in [-0.15, -0.1) is 0 Å². The number of pyridine rings is 1. The van der Waals surface area contributed by atoms with Crippen molar-refractivity contribution in [1.82, 2.24) is 10.3 Å². The average molecular weight is 257 g/mol. The van der Waals surface area contributed by atoms with Crippen LogP contribution in [0.15, 0.2) is 30.5 Å². The second-order valence-electron chi connectivity index (χ2n) is 5.07. The van der Waals surface area contributed by atoms with Gasteiger partial charge in [0.1, 0.15) is 11.6 Å². The molecule has 0 saturated carbocycles. The number of aromatic hydroxyl groups is 1. The third-order valence-corrected chi connectivity index (χ3v) is 3.70. The van der Waals surface area contributed by atoms with Crippen molar-refractivity contribution in [2.24, 2.45) is 0 Å². The number of rotatable bonds is 4. The largest absolute Gasteiger partial charge is 0.508 e. The van der Waals surface area contributed by atoms with E-state index in [0.717, 1.165) is 36.1 Å². The molecule has 4 heteroatoms. The van der Waals surface area contributed by atoms with Crippen molar-refractivity contribution in [3.8, 4) is 5.75 Å². The summed E-state index contributed by atoms with van der Waals surface area (Å²) in [6.45, 7) is 2.05. The monoisotopic (exact) mass is 257 g/mol. The fraction of sp³-hybridized carbons (Fsp3) is 0.400. The normalized spacial score (nSPS) is 18.8. The van der Waals surface area contributed by atoms with Crippen LogP contribution in [0.1, 0.15) is 19.3 Å². The van der Waals surface area contributed by atoms with E-state index in [4.69, 9.17) is 0 Å². The Hall–Kier alpha value is -1.81. The molecule has 4 nitrogen and oxygen atoms in total. The highest BCUT2D eigenvalue weighted by molar-refractivity contribution is 5.92. The lowest BCUT2D eigenvalue weighted by Crippen LogP contribution is -2.24. The van der Waals surface area contributed by atoms with E-state index in [1.165, 1.54) is 12.8 Å². The van der Waals surface area contributed by atoms with Crippen molar-refractivity contribution in [3.05, 3.63) is 30.5 Å². The fourth-order valence-corrected chi connectivity index (χ4v) is 2.67. The number of hydrogen-bond donors (Lipinski definition) is 3. The van der Waals surface area contributed by atoms with Crippen molar-refractivity contribution in [2.75, 3.05) is 18.4 Å². The molecule has 1 aromatic heterocycles. The van der Waals surface area contributed by atoms with Crippen LogP contribution in [0.2, 0.25) is 0 Å². The summed E-state index contributed by atoms with van der Waals surface area (Å²) in [5, 5.41) is 18.5. The molecule has 3 N–H and O–H groups in total. The lowest BCUT2D eigenvalue weighted by Gasteiger charge is -2.12. The summed E-state index contributed by atoms with van der Waals surface area (Å²) in [6, 6.07) is 7.97. The van der Waals surface area contributed by atoms with Crippen LogP contribution in [0.25, 0.3) is 10.8 Å². The Kier molecular flexibility index (Phi) is 3.51. The first-order chi connectivity index (χ1) is 9.33. The van der Waals surface area contributed by atoms with Gasteiger partial charge in [0.25, 0.3) is 0 Å². The number of hydrogen-bond acceptors (Lipinski definition) is 4. The lowest BCUT2D eigenvalue weighted by molar-refractivity contribution is 0.476. The molecule has 0 spiro atoms. The summed E-state index contributed by atoms with van der Waals surface area (Å²) in [5.41, 5.74) is 0. The molecule has 3 rings (SSSR count). The number of phenols is 1. The zero-order valence-electron chi connectivity index (χ0n) is 10.9. The molecule has 1 aliphatic rings. The van der Waals surface area contributed by atoms with E-state index in [2.05, 4.69) is 15.6 Å². The van der Waals surface area contributed by atoms with Crippen LogP contribution in [-0.4, -0.2) is 29.2 Å². The standard InChI is InChI=1S/C15H19N3O/c19-13-4-3-11-5-8-17-15(14(11)10-13)18-9-6-12-2-1-7-16-12/h3-5,8,10,12,16,19H,1-2,6-7,9H2,(H,17,18)/t12-/m0/s1. The van der Waals surface area contributed by atoms with Gasteiger partial charge in [-0.3, -0.25) is 0 Å². The van der Waals surface area contributed by atoms with Crippen LogP contribution in [0.5, 0.6) is 5.75 Å². The van der Waals surface area contributed by atoms with E-state index in [-0.39, 0.29) is 5.75 Å². The molecule has 19 heavy (non-hydrogen) atoms. The number of aromatic nitrogens is 1. The first-order valence-electron chi connectivity index (χ1n) is 6.88. The van der Waals surface area contributed by atoms with Crippen molar-refractivity contribution < 1.29 is 5.11 Å². The molecule has 1 aliphatic heterocycles. The molecular formula is C15H19N3O. The first kappa shape index (κ1) is 12.2. The molecule has 0 radical (unpaired) electrons. The number of benzene rings is 1. The Morgan fingerprint density at radius 2 is 2.32 bits per heavy atom. The summed E-state index contributed by atoms with van der Waals surface area (Å²) >= 11 is 0. The second-order valence-corrected chi connectivity index (χ2v) is 5.07. The smallest absolute Gasteiger partial charge is 0.133 e. The van der Waals surface area contributed by atoms with Crippen LogP contribution in [0, 0.1) is 0 Å². The average Bonchev–Trinajstić information content (AvgIpc) is 2.92. The number of anilines is 1. The van der Waals surface area contributed by atoms with Gasteiger partial charge in [-0.05, 0) is 49.4 Å². The zero-order valence-corrected chi connectivity index (χ0v) is 10.9. The molecule has 1 fully saturated rings. The second kappa shape index (κ2) is 5.45. The maximum absolute atomic E-state index is 9.59. The molecule has 100 valence electrons. The van der Waals surface area contributed by atoms with E-state index in [0.29, 0.717) is 6.04 Å². The van der Waals surface area contributed by atoms with Crippen LogP contribution in [0.3, 0.4) is 0 Å². The Balaban J connectivity index is 1.71. The van der Waals surface area contributed by atoms with Crippen LogP contribution >= 0.6 is 0 Å². The molecule has 1 aromatic carbocycles. The molecule has 0 aliphatic carbocycles. The molecule has 0 bridgehead atoms. The van der Waals surface area contributed by atoms with Gasteiger partial charge in [-0.2, -0.15) is 0 Å². The third kappa shape index (κ3) is 2.79. The molecule has 1 atom stereocenters. The minimum Gasteiger partial charge on any atom is -0.508 e. The van der Waals surface area contributed by atoms with Gasteiger partial charge in [0.2, 0.25) is 0 Å². The molecule has 2 heterocycles. The maximum Gasteiger partial charge on any atom is 0.133 e. The Morgan fingerprint density at radius 3 is 3.16 bits per heavy atom. The first-order valence-corrected chi connectivity index (χ1v) is 6.88. The van der Waals surface area contributed by atoms with E-state index in [9.17, 15) is 5.11 Å². The van der Waals surface area contributed by atoms with E-state index in [1.54, 1.807) is 18.3 Å². The van der Waals surface area contributed by atoms with Gasteiger partial charge < -0.3 is 15.7 Å². The molecule has 0 unspecified atom stereocenters. The Morgan fingerprint density at radius 1 is 1.37 bits per heavy atom. The highest BCUT2D eigenvalue weighted by Gasteiger charge is 2.13. The minimum absolute atomic E-state index is 0.279. The van der Waals surface area contributed by atoms with Crippen molar-refractivity contribution in [2.45, 2.75) is 25.3 Å². The van der Waals surface area contributed by atoms with Gasteiger partial charge >= 0.3 is 0 Å². The van der Waals surface area contributed by atoms with Gasteiger partial charge in [0.05, 0.1) is 0 Å². The summed E-state index contributed by atoms with van der Waals surface area (Å²) < 4.78 is 0. The van der Waals surface area contributed by atoms with Crippen LogP contribution < -0.4 is 10.6 Å². The molecule has 0 amide bonds. The maximum atomic E-state index is 9.59. The predicted octanol–water partition coefficient (Wildman–Crippen LogP) is 2.49. The molecule has 2 aromatic rings. The van der Waals surface area contributed by atoms with E-state index in [1.807, 2.05) is 12.1 Å². The number of nitrogens with one attached hydrogen (secondary N) is 2. The fourth-order valence-electron chi connectivity index (χ4n) is 2.67. The summed E-state index contributed by atoms with van der Waals surface area (Å²) in [6.07, 6.45) is 5.46. The van der Waals surface area contributed by atoms with Crippen LogP contribution in [-0.2, 0) is 0 Å². The quantitative estimate of drug-likeness (QED) is 0.787. The molecular weight excluding hydrogens is 238 g/mol. The number of phenolic OH excluding ortho intramolecular Hbond substituents is 1. The summed E-state index contributed by atoms with van der Waals surface area (Å²) in [7, 11) is 0. The summed E-state index contributed by atoms with van der Waals surface area (Å²) in [4.78, 5) is 4.37.